The summed E-state index contributed by atoms with van der Waals surface area (Å²) in [4.78, 5) is 0. The maximum absolute atomic E-state index is 4.95. The topological polar surface area (TPSA) is 52.3 Å². The summed E-state index contributed by atoms with van der Waals surface area (Å²) in [5.41, 5.74) is 8.11. The molecule has 6 heteroatoms. The minimum atomic E-state index is 0. The van der Waals surface area contributed by atoms with E-state index in [2.05, 4.69) is 90.5 Å². The van der Waals surface area contributed by atoms with Crippen molar-refractivity contribution in [1.82, 2.24) is 5.32 Å². The van der Waals surface area contributed by atoms with Crippen LogP contribution in [-0.2, 0) is 0 Å². The second-order valence-electron chi connectivity index (χ2n) is 10.7. The van der Waals surface area contributed by atoms with Crippen molar-refractivity contribution in [3.05, 3.63) is 82.4 Å². The van der Waals surface area contributed by atoms with Gasteiger partial charge in [0.15, 0.2) is 0 Å². The van der Waals surface area contributed by atoms with Crippen LogP contribution in [0.2, 0.25) is 0 Å². The Kier molecular flexibility index (Phi) is 12.7. The number of nitrogens with zero attached hydrogens (tertiary/aromatic N) is 2. The Labute approximate surface area is 295 Å². The van der Waals surface area contributed by atoms with Gasteiger partial charge in [-0.3, -0.25) is 0 Å². The molecule has 37 heavy (non-hydrogen) atoms. The van der Waals surface area contributed by atoms with E-state index in [9.17, 15) is 0 Å². The van der Waals surface area contributed by atoms with Crippen molar-refractivity contribution in [3.63, 3.8) is 0 Å². The minimum Gasteiger partial charge on any atom is -0.675 e. The van der Waals surface area contributed by atoms with Crippen LogP contribution < -0.4 is 10.6 Å². The van der Waals surface area contributed by atoms with E-state index in [-0.39, 0.29) is 99.2 Å². The third-order valence-electron chi connectivity index (χ3n) is 7.64. The van der Waals surface area contributed by atoms with Crippen molar-refractivity contribution in [2.24, 2.45) is 0 Å². The normalized spacial score (nSPS) is 21.1. The van der Waals surface area contributed by atoms with E-state index in [1.54, 1.807) is 0 Å². The number of rotatable bonds is 0. The van der Waals surface area contributed by atoms with Gasteiger partial charge in [0.05, 0.1) is 5.54 Å². The molecule has 2 aromatic rings. The van der Waals surface area contributed by atoms with Crippen LogP contribution >= 0.6 is 0 Å². The first-order valence-corrected chi connectivity index (χ1v) is 13.5. The summed E-state index contributed by atoms with van der Waals surface area (Å²) < 4.78 is 0. The molecule has 0 unspecified atom stereocenters. The van der Waals surface area contributed by atoms with Crippen molar-refractivity contribution < 1.29 is 88.1 Å². The molecule has 0 atom stereocenters. The van der Waals surface area contributed by atoms with Crippen molar-refractivity contribution in [3.8, 4) is 0 Å². The quantitative estimate of drug-likeness (QED) is 0.284. The van der Waals surface area contributed by atoms with Crippen LogP contribution in [0.1, 0.15) is 69.9 Å². The second kappa shape index (κ2) is 14.8. The molecule has 2 N–H and O–H groups in total. The van der Waals surface area contributed by atoms with Gasteiger partial charge in [-0.1, -0.05) is 97.8 Å². The summed E-state index contributed by atoms with van der Waals surface area (Å²) in [5, 5.41) is 16.5. The average Bonchev–Trinajstić information content (AvgIpc) is 3.75. The predicted octanol–water partition coefficient (Wildman–Crippen LogP) is 7.82. The van der Waals surface area contributed by atoms with Gasteiger partial charge in [0.25, 0.3) is 0 Å². The molecule has 0 amide bonds. The molecule has 3 fully saturated rings. The number of hydrogen-bond donors (Lipinski definition) is 2. The molecule has 7 rings (SSSR count). The zero-order valence-electron chi connectivity index (χ0n) is 22.6. The third-order valence-corrected chi connectivity index (χ3v) is 7.64. The third kappa shape index (κ3) is 8.41. The largest absolute Gasteiger partial charge is 0.675 e. The van der Waals surface area contributed by atoms with E-state index in [0.717, 1.165) is 44.7 Å². The number of fused-ring (bicyclic) bond motifs is 2. The Hall–Kier alpha value is 0.323. The second-order valence-corrected chi connectivity index (χ2v) is 10.7. The Morgan fingerprint density at radius 2 is 1.30 bits per heavy atom. The van der Waals surface area contributed by atoms with Crippen LogP contribution in [-0.4, -0.2) is 37.3 Å². The fraction of sp³-hybridized carbons (Fsp3) is 0.484. The smallest absolute Gasteiger partial charge is 0.0586 e. The molecule has 0 bridgehead atoms. The molecular weight excluding hydrogens is 882 g/mol. The summed E-state index contributed by atoms with van der Waals surface area (Å²) in [6.07, 6.45) is 13.8. The average molecular weight is 923 g/mol. The van der Waals surface area contributed by atoms with Crippen LogP contribution in [0.5, 0.6) is 0 Å². The van der Waals surface area contributed by atoms with Crippen molar-refractivity contribution in [1.29, 1.82) is 0 Å². The number of allylic oxidation sites excluding steroid dienone is 2. The fourth-order valence-electron chi connectivity index (χ4n) is 5.57. The van der Waals surface area contributed by atoms with Crippen LogP contribution in [0, 0.1) is 88.1 Å². The van der Waals surface area contributed by atoms with Crippen LogP contribution in [0.25, 0.3) is 21.8 Å². The van der Waals surface area contributed by atoms with Crippen LogP contribution in [0.15, 0.2) is 60.7 Å². The van der Waals surface area contributed by atoms with E-state index >= 15 is 0 Å². The van der Waals surface area contributed by atoms with Crippen molar-refractivity contribution in [2.45, 2.75) is 69.9 Å². The van der Waals surface area contributed by atoms with E-state index in [1.165, 1.54) is 60.1 Å². The van der Waals surface area contributed by atoms with E-state index < -0.39 is 0 Å². The van der Waals surface area contributed by atoms with E-state index in [0.29, 0.717) is 0 Å². The van der Waals surface area contributed by atoms with E-state index in [4.69, 9.17) is 5.32 Å². The van der Waals surface area contributed by atoms with Gasteiger partial charge < -0.3 is 21.3 Å². The summed E-state index contributed by atoms with van der Waals surface area (Å²) in [7, 11) is 0. The molecule has 5 aliphatic rings. The molecule has 192 valence electrons. The molecule has 4 nitrogen and oxygen atoms in total. The first-order chi connectivity index (χ1) is 17.1. The standard InChI is InChI=1S/C14H18N2.C14H16N2.C3H6.2Ac/c2*1-11-10-14(6-8-15-9-7-14)16-13-5-3-2-4-12(11)13;1-2-3-1;;/h2-5,10,15-16H,6-9H2,1H3;2-5,10H,6-9H2,1H3;1-3H2;;/q;-2;;;. The van der Waals surface area contributed by atoms with Crippen molar-refractivity contribution >= 4 is 22.5 Å². The number of anilines is 1. The van der Waals surface area contributed by atoms with Crippen LogP contribution in [0.3, 0.4) is 0 Å². The number of nitrogens with one attached hydrogen (secondary N) is 2. The molecule has 1 aliphatic carbocycles. The summed E-state index contributed by atoms with van der Waals surface area (Å²) in [6.45, 7) is 8.55. The Morgan fingerprint density at radius 3 is 1.97 bits per heavy atom. The molecule has 0 aromatic heterocycles. The number of hydrogen-bond acceptors (Lipinski definition) is 2. The molecule has 4 aliphatic heterocycles. The maximum Gasteiger partial charge on any atom is 0.0586 e. The molecule has 2 radical (unpaired) electrons. The summed E-state index contributed by atoms with van der Waals surface area (Å²) in [5.74, 6) is 0. The number of para-hydroxylation sites is 2. The Bertz CT molecular complexity index is 994. The molecule has 2 saturated heterocycles. The predicted molar refractivity (Wildman–Crippen MR) is 151 cm³/mol. The molecule has 1 saturated carbocycles. The fourth-order valence-corrected chi connectivity index (χ4v) is 5.57. The van der Waals surface area contributed by atoms with Gasteiger partial charge in [0.2, 0.25) is 0 Å². The molecule has 2 aromatic carbocycles. The van der Waals surface area contributed by atoms with E-state index in [1.807, 2.05) is 0 Å². The number of piperidine rings is 2. The van der Waals surface area contributed by atoms with Gasteiger partial charge in [-0.05, 0) is 57.0 Å². The summed E-state index contributed by atoms with van der Waals surface area (Å²) in [6, 6.07) is 17.0. The number of benzene rings is 2. The first kappa shape index (κ1) is 31.8. The summed E-state index contributed by atoms with van der Waals surface area (Å²) >= 11 is 0. The van der Waals surface area contributed by atoms with Gasteiger partial charge in [0.1, 0.15) is 0 Å². The first-order valence-electron chi connectivity index (χ1n) is 13.5. The molecule has 2 spiro atoms. The zero-order chi connectivity index (χ0) is 24.1. The van der Waals surface area contributed by atoms with Gasteiger partial charge in [-0.15, -0.1) is 18.8 Å². The molecular formula is C31H40Ac2N4-2. The zero-order valence-corrected chi connectivity index (χ0v) is 32.1. The Morgan fingerprint density at radius 1 is 0.703 bits per heavy atom. The minimum absolute atomic E-state index is 0. The van der Waals surface area contributed by atoms with Gasteiger partial charge in [-0.2, -0.15) is 0 Å². The van der Waals surface area contributed by atoms with Crippen molar-refractivity contribution in [2.75, 3.05) is 31.5 Å². The van der Waals surface area contributed by atoms with Gasteiger partial charge >= 0.3 is 0 Å². The van der Waals surface area contributed by atoms with Gasteiger partial charge in [-0.25, -0.2) is 0 Å². The maximum atomic E-state index is 4.95. The van der Waals surface area contributed by atoms with Crippen LogP contribution in [0.4, 0.5) is 11.4 Å². The van der Waals surface area contributed by atoms with Gasteiger partial charge in [0, 0.05) is 99.4 Å². The Balaban J connectivity index is 0.000000176. The monoisotopic (exact) mass is 922 g/mol. The molecule has 4 heterocycles. The SMILES string of the molecule is C1CC1.CC1=CC2(CCNCC2)Nc2ccccc21.CC1=CC2(CC[N-]CC2)[N-]c2ccccc21.[Ac].[Ac].